The predicted octanol–water partition coefficient (Wildman–Crippen LogP) is 4.69. The van der Waals surface area contributed by atoms with Gasteiger partial charge in [-0.3, -0.25) is 19.7 Å². The molecule has 3 aliphatic rings. The van der Waals surface area contributed by atoms with Crippen molar-refractivity contribution in [3.63, 3.8) is 0 Å². The average molecular weight is 553 g/mol. The molecule has 10 heteroatoms. The Morgan fingerprint density at radius 2 is 1.57 bits per heavy atom. The Morgan fingerprint density at radius 1 is 0.975 bits per heavy atom. The summed E-state index contributed by atoms with van der Waals surface area (Å²) in [6.45, 7) is 5.89. The van der Waals surface area contributed by atoms with Crippen molar-refractivity contribution in [2.24, 2.45) is 17.8 Å². The lowest BCUT2D eigenvalue weighted by Crippen LogP contribution is -2.57. The van der Waals surface area contributed by atoms with Crippen molar-refractivity contribution < 1.29 is 23.3 Å². The number of rotatable bonds is 6. The van der Waals surface area contributed by atoms with Crippen molar-refractivity contribution in [2.75, 3.05) is 26.2 Å². The summed E-state index contributed by atoms with van der Waals surface area (Å²) in [7, 11) is 0. The Balaban J connectivity index is 1.44. The van der Waals surface area contributed by atoms with Crippen molar-refractivity contribution in [1.29, 1.82) is 0 Å². The van der Waals surface area contributed by atoms with E-state index in [2.05, 4.69) is 13.8 Å². The number of halogens is 2. The van der Waals surface area contributed by atoms with E-state index in [0.717, 1.165) is 24.8 Å². The first kappa shape index (κ1) is 27.7. The summed E-state index contributed by atoms with van der Waals surface area (Å²) in [5.41, 5.74) is 1.19. The Kier molecular flexibility index (Phi) is 7.87. The van der Waals surface area contributed by atoms with Gasteiger partial charge in [-0.05, 0) is 73.1 Å². The molecule has 0 spiro atoms. The fourth-order valence-corrected chi connectivity index (χ4v) is 6.49. The Hall–Kier alpha value is -3.82. The minimum atomic E-state index is -0.613. The summed E-state index contributed by atoms with van der Waals surface area (Å²) < 4.78 is 26.8. The Bertz CT molecular complexity index is 1300. The zero-order valence-electron chi connectivity index (χ0n) is 22.8. The molecule has 2 fully saturated rings. The van der Waals surface area contributed by atoms with Crippen LogP contribution in [0.2, 0.25) is 0 Å². The highest BCUT2D eigenvalue weighted by Gasteiger charge is 2.51. The van der Waals surface area contributed by atoms with Crippen molar-refractivity contribution in [1.82, 2.24) is 14.7 Å². The molecule has 1 aliphatic carbocycles. The van der Waals surface area contributed by atoms with Gasteiger partial charge in [0.1, 0.15) is 17.3 Å². The molecular formula is C30H34F2N4O4. The van der Waals surface area contributed by atoms with Gasteiger partial charge in [0, 0.05) is 50.2 Å². The van der Waals surface area contributed by atoms with Crippen LogP contribution in [0.4, 0.5) is 8.78 Å². The summed E-state index contributed by atoms with van der Waals surface area (Å²) in [4.78, 5) is 43.9. The average Bonchev–Trinajstić information content (AvgIpc) is 2.95. The maximum atomic E-state index is 13.8. The molecule has 1 saturated carbocycles. The Morgan fingerprint density at radius 3 is 2.15 bits per heavy atom. The zero-order valence-corrected chi connectivity index (χ0v) is 22.8. The second kappa shape index (κ2) is 11.3. The number of carbonyl (C=O) groups excluding carboxylic acids is 2. The molecule has 212 valence electrons. The maximum Gasteiger partial charge on any atom is 0.352 e. The number of fused-ring (bicyclic) bond motifs is 1. The Labute approximate surface area is 232 Å². The maximum absolute atomic E-state index is 13.8. The topological polar surface area (TPSA) is 87.0 Å². The SMILES string of the molecule is CC(C)[C@H]1CCC2C(C1)C(N1CCN(C(=O)c3ccc(F)cc3)CC1)=C([N+](=O)[O-])C(=O)N2Cc1ccc(F)cc1. The summed E-state index contributed by atoms with van der Waals surface area (Å²) in [5, 5.41) is 12.5. The smallest absolute Gasteiger partial charge is 0.352 e. The van der Waals surface area contributed by atoms with Crippen LogP contribution in [0.3, 0.4) is 0 Å². The quantitative estimate of drug-likeness (QED) is 0.383. The fraction of sp³-hybridized carbons (Fsp3) is 0.467. The van der Waals surface area contributed by atoms with Gasteiger partial charge in [-0.15, -0.1) is 0 Å². The number of piperazine rings is 1. The third-order valence-corrected chi connectivity index (χ3v) is 8.70. The molecule has 0 radical (unpaired) electrons. The van der Waals surface area contributed by atoms with Gasteiger partial charge in [0.25, 0.3) is 5.91 Å². The first-order valence-corrected chi connectivity index (χ1v) is 13.9. The normalized spacial score (nSPS) is 23.5. The van der Waals surface area contributed by atoms with E-state index in [1.807, 2.05) is 4.90 Å². The van der Waals surface area contributed by atoms with Gasteiger partial charge in [-0.1, -0.05) is 26.0 Å². The molecule has 8 nitrogen and oxygen atoms in total. The number of benzene rings is 2. The largest absolute Gasteiger partial charge is 0.365 e. The minimum absolute atomic E-state index is 0.178. The van der Waals surface area contributed by atoms with Crippen LogP contribution in [-0.2, 0) is 11.3 Å². The zero-order chi connectivity index (χ0) is 28.6. The van der Waals surface area contributed by atoms with Crippen LogP contribution in [0.25, 0.3) is 0 Å². The second-order valence-corrected chi connectivity index (χ2v) is 11.3. The van der Waals surface area contributed by atoms with Crippen molar-refractivity contribution in [3.05, 3.63) is 92.8 Å². The lowest BCUT2D eigenvalue weighted by atomic mass is 9.70. The molecule has 0 bridgehead atoms. The lowest BCUT2D eigenvalue weighted by Gasteiger charge is -2.49. The molecule has 2 unspecified atom stereocenters. The van der Waals surface area contributed by atoms with Gasteiger partial charge >= 0.3 is 11.6 Å². The molecule has 0 aromatic heterocycles. The van der Waals surface area contributed by atoms with Crippen LogP contribution < -0.4 is 0 Å². The number of nitrogens with zero attached hydrogens (tertiary/aromatic N) is 4. The van der Waals surface area contributed by atoms with Crippen LogP contribution in [0, 0.1) is 39.5 Å². The predicted molar refractivity (Wildman–Crippen MR) is 144 cm³/mol. The summed E-state index contributed by atoms with van der Waals surface area (Å²) in [5.74, 6) is -1.07. The second-order valence-electron chi connectivity index (χ2n) is 11.3. The van der Waals surface area contributed by atoms with Crippen LogP contribution in [-0.4, -0.2) is 63.7 Å². The van der Waals surface area contributed by atoms with E-state index in [4.69, 9.17) is 0 Å². The number of amides is 2. The van der Waals surface area contributed by atoms with Crippen molar-refractivity contribution in [3.8, 4) is 0 Å². The van der Waals surface area contributed by atoms with E-state index >= 15 is 0 Å². The third kappa shape index (κ3) is 5.44. The lowest BCUT2D eigenvalue weighted by molar-refractivity contribution is -0.424. The monoisotopic (exact) mass is 552 g/mol. The number of carbonyl (C=O) groups is 2. The van der Waals surface area contributed by atoms with E-state index in [0.29, 0.717) is 49.3 Å². The van der Waals surface area contributed by atoms with Gasteiger partial charge in [-0.2, -0.15) is 0 Å². The van der Waals surface area contributed by atoms with Gasteiger partial charge in [0.05, 0.1) is 4.92 Å². The molecule has 2 aliphatic heterocycles. The minimum Gasteiger partial charge on any atom is -0.365 e. The molecular weight excluding hydrogens is 518 g/mol. The third-order valence-electron chi connectivity index (χ3n) is 8.70. The first-order chi connectivity index (χ1) is 19.1. The molecule has 2 aromatic rings. The van der Waals surface area contributed by atoms with E-state index < -0.39 is 22.3 Å². The van der Waals surface area contributed by atoms with Gasteiger partial charge in [-0.25, -0.2) is 8.78 Å². The van der Waals surface area contributed by atoms with Crippen LogP contribution in [0.5, 0.6) is 0 Å². The molecule has 40 heavy (non-hydrogen) atoms. The van der Waals surface area contributed by atoms with E-state index in [1.54, 1.807) is 21.9 Å². The number of hydrogen-bond donors (Lipinski definition) is 0. The summed E-state index contributed by atoms with van der Waals surface area (Å²) in [6, 6.07) is 11.1. The van der Waals surface area contributed by atoms with Gasteiger partial charge in [0.15, 0.2) is 0 Å². The molecule has 1 saturated heterocycles. The number of hydrogen-bond acceptors (Lipinski definition) is 5. The summed E-state index contributed by atoms with van der Waals surface area (Å²) >= 11 is 0. The van der Waals surface area contributed by atoms with Crippen molar-refractivity contribution in [2.45, 2.75) is 45.7 Å². The van der Waals surface area contributed by atoms with Gasteiger partial charge < -0.3 is 14.7 Å². The molecule has 2 aromatic carbocycles. The highest BCUT2D eigenvalue weighted by molar-refractivity contribution is 5.94. The highest BCUT2D eigenvalue weighted by atomic mass is 19.1. The molecule has 2 amide bonds. The molecule has 2 heterocycles. The highest BCUT2D eigenvalue weighted by Crippen LogP contribution is 2.45. The standard InChI is InChI=1S/C30H34F2N4O4/c1-19(2)22-7-12-26-25(17-22)27(28(36(39)40)30(38)35(26)18-20-3-8-23(31)9-4-20)33-13-15-34(16-14-33)29(37)21-5-10-24(32)11-6-21/h3-6,8-11,19,22,25-26H,7,12-18H2,1-2H3/t22-,25?,26?/m0/s1. The van der Waals surface area contributed by atoms with E-state index in [-0.39, 0.29) is 30.2 Å². The van der Waals surface area contributed by atoms with Crippen molar-refractivity contribution >= 4 is 11.8 Å². The van der Waals surface area contributed by atoms with Crippen LogP contribution in [0.15, 0.2) is 59.9 Å². The molecule has 3 atom stereocenters. The van der Waals surface area contributed by atoms with E-state index in [9.17, 15) is 28.5 Å². The summed E-state index contributed by atoms with van der Waals surface area (Å²) in [6.07, 6.45) is 2.39. The molecule has 5 rings (SSSR count). The fourth-order valence-electron chi connectivity index (χ4n) is 6.49. The van der Waals surface area contributed by atoms with Gasteiger partial charge in [0.2, 0.25) is 0 Å². The van der Waals surface area contributed by atoms with Crippen LogP contribution >= 0.6 is 0 Å². The van der Waals surface area contributed by atoms with Crippen LogP contribution in [0.1, 0.15) is 49.0 Å². The van der Waals surface area contributed by atoms with E-state index in [1.165, 1.54) is 36.4 Å². The number of nitro groups is 1. The first-order valence-electron chi connectivity index (χ1n) is 13.9. The molecule has 0 N–H and O–H groups in total.